The number of quaternary nitrogens is 1. The lowest BCUT2D eigenvalue weighted by Gasteiger charge is -2.23. The maximum Gasteiger partial charge on any atom is 0.270 e. The van der Waals surface area contributed by atoms with Gasteiger partial charge in [-0.15, -0.1) is 0 Å². The number of carbonyl (C=O) groups excluding carboxylic acids is 1. The van der Waals surface area contributed by atoms with Crippen molar-refractivity contribution in [2.24, 2.45) is 0 Å². The fourth-order valence-electron chi connectivity index (χ4n) is 3.65. The lowest BCUT2D eigenvalue weighted by molar-refractivity contribution is -0.906. The molecule has 0 bridgehead atoms. The largest absolute Gasteiger partial charge is 0.370 e. The van der Waals surface area contributed by atoms with Gasteiger partial charge in [-0.1, -0.05) is 41.9 Å². The summed E-state index contributed by atoms with van der Waals surface area (Å²) < 4.78 is 7.09. The average molecular weight is 426 g/mol. The number of nitrogens with zero attached hydrogens (tertiary/aromatic N) is 2. The van der Waals surface area contributed by atoms with Gasteiger partial charge >= 0.3 is 0 Å². The number of benzene rings is 2. The monoisotopic (exact) mass is 425 g/mol. The molecule has 30 heavy (non-hydrogen) atoms. The van der Waals surface area contributed by atoms with Crippen molar-refractivity contribution in [2.45, 2.75) is 6.92 Å². The zero-order valence-electron chi connectivity index (χ0n) is 17.0. The van der Waals surface area contributed by atoms with E-state index in [4.69, 9.17) is 21.4 Å². The van der Waals surface area contributed by atoms with Crippen LogP contribution in [0.25, 0.3) is 16.9 Å². The van der Waals surface area contributed by atoms with E-state index in [9.17, 15) is 4.79 Å². The first-order chi connectivity index (χ1) is 14.6. The number of carbonyl (C=O) groups is 1. The Bertz CT molecular complexity index is 1030. The van der Waals surface area contributed by atoms with Crippen molar-refractivity contribution in [1.29, 1.82) is 0 Å². The number of morpholine rings is 1. The number of halogens is 1. The van der Waals surface area contributed by atoms with Crippen LogP contribution in [0.1, 0.15) is 16.1 Å². The van der Waals surface area contributed by atoms with Gasteiger partial charge in [-0.3, -0.25) is 4.79 Å². The fourth-order valence-corrected chi connectivity index (χ4v) is 3.89. The van der Waals surface area contributed by atoms with E-state index in [0.717, 1.165) is 49.7 Å². The first kappa shape index (κ1) is 20.6. The summed E-state index contributed by atoms with van der Waals surface area (Å²) in [4.78, 5) is 14.5. The van der Waals surface area contributed by atoms with Gasteiger partial charge in [0.05, 0.1) is 42.7 Å². The summed E-state index contributed by atoms with van der Waals surface area (Å²) in [7, 11) is 0. The average Bonchev–Trinajstić information content (AvgIpc) is 3.20. The summed E-state index contributed by atoms with van der Waals surface area (Å²) >= 11 is 6.38. The molecule has 6 nitrogen and oxygen atoms in total. The van der Waals surface area contributed by atoms with Crippen LogP contribution in [-0.4, -0.2) is 55.1 Å². The van der Waals surface area contributed by atoms with Gasteiger partial charge in [0.2, 0.25) is 0 Å². The van der Waals surface area contributed by atoms with Crippen LogP contribution in [0.3, 0.4) is 0 Å². The van der Waals surface area contributed by atoms with Crippen LogP contribution in [0.15, 0.2) is 54.6 Å². The second kappa shape index (κ2) is 9.43. The van der Waals surface area contributed by atoms with Crippen LogP contribution in [0.2, 0.25) is 5.02 Å². The molecular weight excluding hydrogens is 400 g/mol. The zero-order chi connectivity index (χ0) is 20.9. The van der Waals surface area contributed by atoms with Gasteiger partial charge in [0, 0.05) is 5.56 Å². The molecule has 0 radical (unpaired) electrons. The standard InChI is InChI=1S/C23H25ClN4O2/c1-17-5-4-6-18(15-17)28-22(16-21(26-28)19-7-2-3-8-20(19)24)23(29)25-9-10-27-11-13-30-14-12-27/h2-8,15-16H,9-14H2,1H3,(H,25,29)/p+1. The molecule has 1 fully saturated rings. The minimum Gasteiger partial charge on any atom is -0.370 e. The molecule has 0 spiro atoms. The number of ether oxygens (including phenoxy) is 1. The SMILES string of the molecule is Cc1cccc(-n2nc(-c3ccccc3Cl)cc2C(=O)NCC[NH+]2CCOCC2)c1. The summed E-state index contributed by atoms with van der Waals surface area (Å²) in [5, 5.41) is 8.38. The van der Waals surface area contributed by atoms with E-state index < -0.39 is 0 Å². The quantitative estimate of drug-likeness (QED) is 0.636. The first-order valence-electron chi connectivity index (χ1n) is 10.2. The molecule has 1 amide bonds. The minimum absolute atomic E-state index is 0.144. The normalized spacial score (nSPS) is 14.6. The predicted molar refractivity (Wildman–Crippen MR) is 117 cm³/mol. The predicted octanol–water partition coefficient (Wildman–Crippen LogP) is 2.15. The van der Waals surface area contributed by atoms with Gasteiger partial charge in [-0.05, 0) is 36.8 Å². The second-order valence-electron chi connectivity index (χ2n) is 7.51. The number of hydrogen-bond acceptors (Lipinski definition) is 3. The smallest absolute Gasteiger partial charge is 0.270 e. The summed E-state index contributed by atoms with van der Waals surface area (Å²) in [6, 6.07) is 17.3. The highest BCUT2D eigenvalue weighted by Gasteiger charge is 2.20. The van der Waals surface area contributed by atoms with Crippen LogP contribution >= 0.6 is 11.6 Å². The van der Waals surface area contributed by atoms with Crippen molar-refractivity contribution in [3.05, 3.63) is 70.9 Å². The minimum atomic E-state index is -0.144. The van der Waals surface area contributed by atoms with Crippen LogP contribution in [0.5, 0.6) is 0 Å². The second-order valence-corrected chi connectivity index (χ2v) is 7.92. The number of nitrogens with one attached hydrogen (secondary N) is 2. The van der Waals surface area contributed by atoms with Gasteiger partial charge in [0.25, 0.3) is 5.91 Å². The Morgan fingerprint density at radius 3 is 2.73 bits per heavy atom. The Hall–Kier alpha value is -2.67. The van der Waals surface area contributed by atoms with Crippen LogP contribution in [0, 0.1) is 6.92 Å². The van der Waals surface area contributed by atoms with Crippen LogP contribution < -0.4 is 10.2 Å². The van der Waals surface area contributed by atoms with Crippen molar-refractivity contribution in [3.63, 3.8) is 0 Å². The summed E-state index contributed by atoms with van der Waals surface area (Å²) in [5.74, 6) is -0.144. The summed E-state index contributed by atoms with van der Waals surface area (Å²) in [5.41, 5.74) is 3.91. The third kappa shape index (κ3) is 4.73. The molecule has 7 heteroatoms. The molecule has 1 aliphatic rings. The molecule has 2 heterocycles. The van der Waals surface area contributed by atoms with Gasteiger partial charge in [0.1, 0.15) is 18.8 Å². The third-order valence-electron chi connectivity index (χ3n) is 5.30. The maximum atomic E-state index is 13.1. The topological polar surface area (TPSA) is 60.6 Å². The lowest BCUT2D eigenvalue weighted by Crippen LogP contribution is -3.14. The summed E-state index contributed by atoms with van der Waals surface area (Å²) in [6.45, 7) is 7.03. The molecule has 156 valence electrons. The molecule has 2 N–H and O–H groups in total. The van der Waals surface area contributed by atoms with Crippen molar-refractivity contribution in [1.82, 2.24) is 15.1 Å². The molecular formula is C23H26ClN4O2+. The van der Waals surface area contributed by atoms with E-state index in [0.29, 0.717) is 23.0 Å². The molecule has 0 atom stereocenters. The Labute approximate surface area is 181 Å². The van der Waals surface area contributed by atoms with Crippen molar-refractivity contribution in [2.75, 3.05) is 39.4 Å². The highest BCUT2D eigenvalue weighted by atomic mass is 35.5. The number of hydrogen-bond donors (Lipinski definition) is 2. The highest BCUT2D eigenvalue weighted by molar-refractivity contribution is 6.33. The molecule has 4 rings (SSSR count). The van der Waals surface area contributed by atoms with Gasteiger partial charge in [-0.2, -0.15) is 5.10 Å². The Morgan fingerprint density at radius 1 is 1.17 bits per heavy atom. The molecule has 0 aliphatic carbocycles. The van der Waals surface area contributed by atoms with Crippen molar-refractivity contribution >= 4 is 17.5 Å². The zero-order valence-corrected chi connectivity index (χ0v) is 17.8. The van der Waals surface area contributed by atoms with E-state index in [1.54, 1.807) is 10.7 Å². The molecule has 3 aromatic rings. The van der Waals surface area contributed by atoms with E-state index in [1.807, 2.05) is 55.5 Å². The van der Waals surface area contributed by atoms with Crippen LogP contribution in [0.4, 0.5) is 0 Å². The lowest BCUT2D eigenvalue weighted by atomic mass is 10.1. The number of amides is 1. The molecule has 1 saturated heterocycles. The molecule has 0 saturated carbocycles. The molecule has 2 aromatic carbocycles. The van der Waals surface area contributed by atoms with E-state index in [-0.39, 0.29) is 5.91 Å². The maximum absolute atomic E-state index is 13.1. The van der Waals surface area contributed by atoms with Gasteiger partial charge < -0.3 is 15.0 Å². The Kier molecular flexibility index (Phi) is 6.47. The number of rotatable bonds is 6. The first-order valence-corrected chi connectivity index (χ1v) is 10.6. The third-order valence-corrected chi connectivity index (χ3v) is 5.63. The molecule has 0 unspecified atom stereocenters. The highest BCUT2D eigenvalue weighted by Crippen LogP contribution is 2.28. The molecule has 1 aromatic heterocycles. The van der Waals surface area contributed by atoms with Crippen molar-refractivity contribution < 1.29 is 14.4 Å². The van der Waals surface area contributed by atoms with Gasteiger partial charge in [0.15, 0.2) is 0 Å². The Balaban J connectivity index is 1.60. The van der Waals surface area contributed by atoms with Gasteiger partial charge in [-0.25, -0.2) is 4.68 Å². The van der Waals surface area contributed by atoms with Crippen molar-refractivity contribution in [3.8, 4) is 16.9 Å². The Morgan fingerprint density at radius 2 is 1.97 bits per heavy atom. The summed E-state index contributed by atoms with van der Waals surface area (Å²) in [6.07, 6.45) is 0. The van der Waals surface area contributed by atoms with E-state index in [1.165, 1.54) is 4.90 Å². The number of aromatic nitrogens is 2. The van der Waals surface area contributed by atoms with E-state index in [2.05, 4.69) is 5.32 Å². The van der Waals surface area contributed by atoms with Crippen LogP contribution in [-0.2, 0) is 4.74 Å². The number of aryl methyl sites for hydroxylation is 1. The van der Waals surface area contributed by atoms with E-state index >= 15 is 0 Å². The fraction of sp³-hybridized carbons (Fsp3) is 0.304. The molecule has 1 aliphatic heterocycles.